The molecule has 0 bridgehead atoms. The largest absolute Gasteiger partial charge is 0.392 e. The van der Waals surface area contributed by atoms with Gasteiger partial charge in [-0.05, 0) is 6.42 Å². The highest BCUT2D eigenvalue weighted by Crippen LogP contribution is 2.14. The molecule has 1 rings (SSSR count). The number of aromatic nitrogens is 1. The molecule has 0 amide bonds. The first-order valence-electron chi connectivity index (χ1n) is 4.93. The van der Waals surface area contributed by atoms with Crippen LogP contribution in [0.2, 0.25) is 5.15 Å². The number of nitrogens with one attached hydrogen (secondary N) is 1. The highest BCUT2D eigenvalue weighted by Gasteiger charge is 2.10. The average Bonchev–Trinajstić information content (AvgIpc) is 2.25. The Bertz CT molecular complexity index is 363. The SMILES string of the molecule is CC[C@@H](O)CNCc1nc(Cl)c(F)cc1F. The van der Waals surface area contributed by atoms with Gasteiger partial charge in [-0.1, -0.05) is 18.5 Å². The summed E-state index contributed by atoms with van der Waals surface area (Å²) < 4.78 is 25.9. The first-order valence-corrected chi connectivity index (χ1v) is 5.31. The maximum absolute atomic E-state index is 13.2. The summed E-state index contributed by atoms with van der Waals surface area (Å²) in [6.45, 7) is 2.26. The van der Waals surface area contributed by atoms with E-state index in [-0.39, 0.29) is 17.4 Å². The molecule has 3 nitrogen and oxygen atoms in total. The van der Waals surface area contributed by atoms with Gasteiger partial charge >= 0.3 is 0 Å². The van der Waals surface area contributed by atoms with Gasteiger partial charge in [-0.2, -0.15) is 0 Å². The summed E-state index contributed by atoms with van der Waals surface area (Å²) >= 11 is 5.42. The van der Waals surface area contributed by atoms with Crippen molar-refractivity contribution < 1.29 is 13.9 Å². The first-order chi connectivity index (χ1) is 7.54. The van der Waals surface area contributed by atoms with Crippen molar-refractivity contribution in [2.75, 3.05) is 6.54 Å². The van der Waals surface area contributed by atoms with Crippen LogP contribution in [0.4, 0.5) is 8.78 Å². The van der Waals surface area contributed by atoms with Crippen molar-refractivity contribution in [2.45, 2.75) is 26.0 Å². The van der Waals surface area contributed by atoms with Crippen molar-refractivity contribution >= 4 is 11.6 Å². The number of hydrogen-bond acceptors (Lipinski definition) is 3. The van der Waals surface area contributed by atoms with Gasteiger partial charge in [0.2, 0.25) is 0 Å². The smallest absolute Gasteiger partial charge is 0.165 e. The summed E-state index contributed by atoms with van der Waals surface area (Å²) in [6, 6.07) is 0.697. The van der Waals surface area contributed by atoms with Crippen LogP contribution in [0, 0.1) is 11.6 Å². The van der Waals surface area contributed by atoms with Gasteiger partial charge < -0.3 is 10.4 Å². The van der Waals surface area contributed by atoms with Crippen LogP contribution in [0.15, 0.2) is 6.07 Å². The zero-order chi connectivity index (χ0) is 12.1. The van der Waals surface area contributed by atoms with E-state index in [2.05, 4.69) is 10.3 Å². The van der Waals surface area contributed by atoms with Crippen molar-refractivity contribution in [1.82, 2.24) is 10.3 Å². The Morgan fingerprint density at radius 1 is 1.50 bits per heavy atom. The summed E-state index contributed by atoms with van der Waals surface area (Å²) in [6.07, 6.45) is 0.117. The molecule has 6 heteroatoms. The molecule has 1 aromatic heterocycles. The third kappa shape index (κ3) is 3.66. The molecule has 90 valence electrons. The minimum atomic E-state index is -0.878. The van der Waals surface area contributed by atoms with Gasteiger partial charge in [0.25, 0.3) is 0 Å². The predicted molar refractivity (Wildman–Crippen MR) is 57.2 cm³/mol. The molecule has 0 aromatic carbocycles. The highest BCUT2D eigenvalue weighted by molar-refractivity contribution is 6.29. The lowest BCUT2D eigenvalue weighted by molar-refractivity contribution is 0.167. The fourth-order valence-electron chi connectivity index (χ4n) is 1.10. The average molecular weight is 251 g/mol. The minimum Gasteiger partial charge on any atom is -0.392 e. The van der Waals surface area contributed by atoms with E-state index < -0.39 is 17.7 Å². The number of aliphatic hydroxyl groups is 1. The number of pyridine rings is 1. The number of aliphatic hydroxyl groups excluding tert-OH is 1. The summed E-state index contributed by atoms with van der Waals surface area (Å²) in [5, 5.41) is 11.7. The molecule has 1 atom stereocenters. The molecule has 0 fully saturated rings. The van der Waals surface area contributed by atoms with Crippen LogP contribution in [-0.4, -0.2) is 22.7 Å². The number of hydrogen-bond donors (Lipinski definition) is 2. The van der Waals surface area contributed by atoms with E-state index in [0.717, 1.165) is 0 Å². The monoisotopic (exact) mass is 250 g/mol. The molecular weight excluding hydrogens is 238 g/mol. The normalized spacial score (nSPS) is 12.8. The molecule has 1 heterocycles. The lowest BCUT2D eigenvalue weighted by Crippen LogP contribution is -2.26. The topological polar surface area (TPSA) is 45.1 Å². The molecule has 0 aliphatic heterocycles. The van der Waals surface area contributed by atoms with Gasteiger partial charge in [0.15, 0.2) is 11.0 Å². The molecule has 0 unspecified atom stereocenters. The Balaban J connectivity index is 2.57. The number of halogens is 3. The van der Waals surface area contributed by atoms with E-state index in [1.807, 2.05) is 6.92 Å². The quantitative estimate of drug-likeness (QED) is 0.785. The number of rotatable bonds is 5. The molecule has 1 aromatic rings. The van der Waals surface area contributed by atoms with Gasteiger partial charge in [0.1, 0.15) is 5.82 Å². The summed E-state index contributed by atoms with van der Waals surface area (Å²) in [7, 11) is 0. The van der Waals surface area contributed by atoms with Crippen LogP contribution in [-0.2, 0) is 6.54 Å². The zero-order valence-electron chi connectivity index (χ0n) is 8.80. The Kier molecular flexibility index (Phi) is 5.05. The highest BCUT2D eigenvalue weighted by atomic mass is 35.5. The molecule has 0 saturated heterocycles. The van der Waals surface area contributed by atoms with Gasteiger partial charge in [0, 0.05) is 19.2 Å². The van der Waals surface area contributed by atoms with Crippen LogP contribution >= 0.6 is 11.6 Å². The molecule has 16 heavy (non-hydrogen) atoms. The lowest BCUT2D eigenvalue weighted by Gasteiger charge is -2.09. The molecular formula is C10H13ClF2N2O. The minimum absolute atomic E-state index is 0.0368. The molecule has 0 aliphatic rings. The van der Waals surface area contributed by atoms with E-state index in [4.69, 9.17) is 11.6 Å². The second-order valence-electron chi connectivity index (χ2n) is 3.38. The van der Waals surface area contributed by atoms with Crippen LogP contribution in [0.1, 0.15) is 19.0 Å². The van der Waals surface area contributed by atoms with Gasteiger partial charge in [0.05, 0.1) is 11.8 Å². The summed E-state index contributed by atoms with van der Waals surface area (Å²) in [5.41, 5.74) is 0.0368. The van der Waals surface area contributed by atoms with Crippen LogP contribution < -0.4 is 5.32 Å². The maximum Gasteiger partial charge on any atom is 0.165 e. The van der Waals surface area contributed by atoms with Crippen molar-refractivity contribution in [1.29, 1.82) is 0 Å². The zero-order valence-corrected chi connectivity index (χ0v) is 9.56. The van der Waals surface area contributed by atoms with E-state index in [0.29, 0.717) is 19.0 Å². The third-order valence-corrected chi connectivity index (χ3v) is 2.37. The Morgan fingerprint density at radius 2 is 2.19 bits per heavy atom. The Hall–Kier alpha value is -0.780. The second-order valence-corrected chi connectivity index (χ2v) is 3.74. The Labute approximate surface area is 97.5 Å². The van der Waals surface area contributed by atoms with Gasteiger partial charge in [-0.15, -0.1) is 0 Å². The van der Waals surface area contributed by atoms with E-state index in [1.165, 1.54) is 0 Å². The van der Waals surface area contributed by atoms with Crippen LogP contribution in [0.3, 0.4) is 0 Å². The molecule has 0 aliphatic carbocycles. The van der Waals surface area contributed by atoms with E-state index >= 15 is 0 Å². The van der Waals surface area contributed by atoms with Crippen molar-refractivity contribution in [2.24, 2.45) is 0 Å². The lowest BCUT2D eigenvalue weighted by atomic mass is 10.2. The van der Waals surface area contributed by atoms with Gasteiger partial charge in [-0.3, -0.25) is 0 Å². The first kappa shape index (κ1) is 13.3. The van der Waals surface area contributed by atoms with Crippen molar-refractivity contribution in [3.05, 3.63) is 28.5 Å². The van der Waals surface area contributed by atoms with Crippen molar-refractivity contribution in [3.8, 4) is 0 Å². The van der Waals surface area contributed by atoms with Crippen LogP contribution in [0.5, 0.6) is 0 Å². The van der Waals surface area contributed by atoms with Crippen LogP contribution in [0.25, 0.3) is 0 Å². The fraction of sp³-hybridized carbons (Fsp3) is 0.500. The third-order valence-electron chi connectivity index (χ3n) is 2.10. The maximum atomic E-state index is 13.2. The predicted octanol–water partition coefficient (Wildman–Crippen LogP) is 1.87. The molecule has 0 spiro atoms. The van der Waals surface area contributed by atoms with E-state index in [9.17, 15) is 13.9 Å². The molecule has 0 saturated carbocycles. The van der Waals surface area contributed by atoms with Crippen molar-refractivity contribution in [3.63, 3.8) is 0 Å². The Morgan fingerprint density at radius 3 is 2.81 bits per heavy atom. The molecule has 2 N–H and O–H groups in total. The standard InChI is InChI=1S/C10H13ClF2N2O/c1-2-6(16)4-14-5-9-7(12)3-8(13)10(11)15-9/h3,6,14,16H,2,4-5H2,1H3/t6-/m1/s1. The number of nitrogens with zero attached hydrogens (tertiary/aromatic N) is 1. The second kappa shape index (κ2) is 6.08. The van der Waals surface area contributed by atoms with Gasteiger partial charge in [-0.25, -0.2) is 13.8 Å². The molecule has 0 radical (unpaired) electrons. The fourth-order valence-corrected chi connectivity index (χ4v) is 1.26. The van der Waals surface area contributed by atoms with E-state index in [1.54, 1.807) is 0 Å². The summed E-state index contributed by atoms with van der Waals surface area (Å²) in [5.74, 6) is -1.63. The summed E-state index contributed by atoms with van der Waals surface area (Å²) in [4.78, 5) is 3.57.